The van der Waals surface area contributed by atoms with Crippen molar-refractivity contribution in [2.45, 2.75) is 33.4 Å². The summed E-state index contributed by atoms with van der Waals surface area (Å²) in [5, 5.41) is 15.9. The monoisotopic (exact) mass is 375 g/mol. The molecule has 0 unspecified atom stereocenters. The van der Waals surface area contributed by atoms with E-state index >= 15 is 0 Å². The minimum Gasteiger partial charge on any atom is -0.348 e. The van der Waals surface area contributed by atoms with E-state index in [-0.39, 0.29) is 5.56 Å². The van der Waals surface area contributed by atoms with E-state index in [9.17, 15) is 4.79 Å². The molecule has 28 heavy (non-hydrogen) atoms. The Morgan fingerprint density at radius 2 is 2.00 bits per heavy atom. The fourth-order valence-corrected chi connectivity index (χ4v) is 3.18. The summed E-state index contributed by atoms with van der Waals surface area (Å²) < 4.78 is 1.94. The molecule has 0 aliphatic rings. The average Bonchev–Trinajstić information content (AvgIpc) is 3.08. The van der Waals surface area contributed by atoms with Crippen LogP contribution in [-0.4, -0.2) is 29.9 Å². The number of hydrogen-bond donors (Lipinski definition) is 2. The molecule has 0 saturated carbocycles. The van der Waals surface area contributed by atoms with Gasteiger partial charge in [-0.3, -0.25) is 9.48 Å². The number of anilines is 1. The standard InChI is InChI=1S/C20H21N7O/c1-3-10-27-12-16(13(2)26-27)17-8-9-21-20(23-17)22-11-18-14-6-4-5-7-15(14)19(28)25-24-18/h4-9,12H,3,10-11H2,1-2H3,(H,25,28)(H,21,22,23). The van der Waals surface area contributed by atoms with E-state index in [1.807, 2.05) is 42.1 Å². The summed E-state index contributed by atoms with van der Waals surface area (Å²) in [7, 11) is 0. The largest absolute Gasteiger partial charge is 0.348 e. The second-order valence-electron chi connectivity index (χ2n) is 6.56. The van der Waals surface area contributed by atoms with E-state index in [4.69, 9.17) is 0 Å². The topological polar surface area (TPSA) is 101 Å². The highest BCUT2D eigenvalue weighted by Crippen LogP contribution is 2.21. The van der Waals surface area contributed by atoms with Crippen molar-refractivity contribution < 1.29 is 0 Å². The highest BCUT2D eigenvalue weighted by Gasteiger charge is 2.11. The van der Waals surface area contributed by atoms with Gasteiger partial charge >= 0.3 is 0 Å². The molecule has 0 amide bonds. The van der Waals surface area contributed by atoms with Crippen LogP contribution in [0.3, 0.4) is 0 Å². The maximum absolute atomic E-state index is 11.9. The molecule has 0 atom stereocenters. The molecular formula is C20H21N7O. The van der Waals surface area contributed by atoms with Crippen LogP contribution in [0, 0.1) is 6.92 Å². The third kappa shape index (κ3) is 3.48. The summed E-state index contributed by atoms with van der Waals surface area (Å²) in [5.74, 6) is 0.497. The number of benzene rings is 1. The Hall–Kier alpha value is -3.55. The van der Waals surface area contributed by atoms with E-state index in [1.165, 1.54) is 0 Å². The number of rotatable bonds is 6. The molecule has 142 valence electrons. The summed E-state index contributed by atoms with van der Waals surface area (Å²) >= 11 is 0. The van der Waals surface area contributed by atoms with E-state index in [2.05, 4.69) is 37.5 Å². The number of aryl methyl sites for hydroxylation is 2. The number of nitrogens with zero attached hydrogens (tertiary/aromatic N) is 5. The number of aromatic amines is 1. The summed E-state index contributed by atoms with van der Waals surface area (Å²) in [6.45, 7) is 5.38. The van der Waals surface area contributed by atoms with Crippen molar-refractivity contribution in [1.82, 2.24) is 29.9 Å². The van der Waals surface area contributed by atoms with Gasteiger partial charge in [-0.25, -0.2) is 15.1 Å². The fourth-order valence-electron chi connectivity index (χ4n) is 3.18. The third-order valence-electron chi connectivity index (χ3n) is 4.52. The van der Waals surface area contributed by atoms with Crippen molar-refractivity contribution in [2.75, 3.05) is 5.32 Å². The minimum atomic E-state index is -0.197. The molecule has 3 aromatic heterocycles. The van der Waals surface area contributed by atoms with Gasteiger partial charge in [0.05, 0.1) is 29.0 Å². The predicted octanol–water partition coefficient (Wildman–Crippen LogP) is 2.91. The van der Waals surface area contributed by atoms with Crippen molar-refractivity contribution in [3.63, 3.8) is 0 Å². The van der Waals surface area contributed by atoms with Crippen molar-refractivity contribution in [3.05, 3.63) is 64.5 Å². The summed E-state index contributed by atoms with van der Waals surface area (Å²) in [6, 6.07) is 9.27. The van der Waals surface area contributed by atoms with Gasteiger partial charge in [-0.1, -0.05) is 25.1 Å². The smallest absolute Gasteiger partial charge is 0.272 e. The summed E-state index contributed by atoms with van der Waals surface area (Å²) in [6.07, 6.45) is 4.76. The fraction of sp³-hybridized carbons (Fsp3) is 0.250. The molecule has 2 N–H and O–H groups in total. The number of nitrogens with one attached hydrogen (secondary N) is 2. The second kappa shape index (κ2) is 7.59. The molecule has 0 fully saturated rings. The Bertz CT molecular complexity index is 1180. The van der Waals surface area contributed by atoms with Crippen LogP contribution in [0.25, 0.3) is 22.0 Å². The van der Waals surface area contributed by atoms with Gasteiger partial charge in [-0.2, -0.15) is 10.2 Å². The zero-order chi connectivity index (χ0) is 19.5. The minimum absolute atomic E-state index is 0.197. The van der Waals surface area contributed by atoms with Gasteiger partial charge in [0.2, 0.25) is 5.95 Å². The van der Waals surface area contributed by atoms with Gasteiger partial charge in [0.1, 0.15) is 0 Å². The molecule has 0 saturated heterocycles. The predicted molar refractivity (Wildman–Crippen MR) is 108 cm³/mol. The van der Waals surface area contributed by atoms with E-state index < -0.39 is 0 Å². The molecule has 8 heteroatoms. The highest BCUT2D eigenvalue weighted by molar-refractivity contribution is 5.83. The quantitative estimate of drug-likeness (QED) is 0.537. The van der Waals surface area contributed by atoms with Crippen molar-refractivity contribution in [2.24, 2.45) is 0 Å². The number of aromatic nitrogens is 6. The van der Waals surface area contributed by atoms with Gasteiger partial charge in [0, 0.05) is 29.9 Å². The lowest BCUT2D eigenvalue weighted by atomic mass is 10.1. The van der Waals surface area contributed by atoms with E-state index in [1.54, 1.807) is 12.3 Å². The maximum Gasteiger partial charge on any atom is 0.272 e. The van der Waals surface area contributed by atoms with Crippen LogP contribution in [0.5, 0.6) is 0 Å². The van der Waals surface area contributed by atoms with Crippen LogP contribution < -0.4 is 10.9 Å². The maximum atomic E-state index is 11.9. The molecule has 0 spiro atoms. The van der Waals surface area contributed by atoms with E-state index in [0.29, 0.717) is 17.9 Å². The van der Waals surface area contributed by atoms with Gasteiger partial charge in [0.15, 0.2) is 0 Å². The summed E-state index contributed by atoms with van der Waals surface area (Å²) in [4.78, 5) is 20.8. The Morgan fingerprint density at radius 1 is 1.18 bits per heavy atom. The van der Waals surface area contributed by atoms with Crippen LogP contribution in [0.2, 0.25) is 0 Å². The number of fused-ring (bicyclic) bond motifs is 1. The first-order chi connectivity index (χ1) is 13.7. The van der Waals surface area contributed by atoms with Crippen LogP contribution in [0.4, 0.5) is 5.95 Å². The van der Waals surface area contributed by atoms with E-state index in [0.717, 1.165) is 41.0 Å². The molecule has 8 nitrogen and oxygen atoms in total. The summed E-state index contributed by atoms with van der Waals surface area (Å²) in [5.41, 5.74) is 3.28. The zero-order valence-electron chi connectivity index (χ0n) is 15.8. The van der Waals surface area contributed by atoms with Crippen LogP contribution in [0.15, 0.2) is 47.5 Å². The highest BCUT2D eigenvalue weighted by atomic mass is 16.1. The van der Waals surface area contributed by atoms with Crippen LogP contribution >= 0.6 is 0 Å². The molecule has 0 radical (unpaired) electrons. The molecule has 3 heterocycles. The molecular weight excluding hydrogens is 354 g/mol. The lowest BCUT2D eigenvalue weighted by Gasteiger charge is -2.07. The van der Waals surface area contributed by atoms with Crippen LogP contribution in [-0.2, 0) is 13.1 Å². The average molecular weight is 375 g/mol. The number of H-pyrrole nitrogens is 1. The van der Waals surface area contributed by atoms with Crippen molar-refractivity contribution >= 4 is 16.7 Å². The molecule has 0 aliphatic heterocycles. The molecule has 4 rings (SSSR count). The lowest BCUT2D eigenvalue weighted by molar-refractivity contribution is 0.598. The first-order valence-corrected chi connectivity index (χ1v) is 9.23. The number of hydrogen-bond acceptors (Lipinski definition) is 6. The van der Waals surface area contributed by atoms with Gasteiger partial charge in [-0.15, -0.1) is 0 Å². The normalized spacial score (nSPS) is 11.1. The van der Waals surface area contributed by atoms with Crippen molar-refractivity contribution in [1.29, 1.82) is 0 Å². The first kappa shape index (κ1) is 17.8. The molecule has 4 aromatic rings. The van der Waals surface area contributed by atoms with Gasteiger partial charge < -0.3 is 5.32 Å². The second-order valence-corrected chi connectivity index (χ2v) is 6.56. The molecule has 0 bridgehead atoms. The Kier molecular flexibility index (Phi) is 4.84. The SMILES string of the molecule is CCCn1cc(-c2ccnc(NCc3n[nH]c(=O)c4ccccc34)n2)c(C)n1. The Balaban J connectivity index is 1.58. The first-order valence-electron chi connectivity index (χ1n) is 9.23. The lowest BCUT2D eigenvalue weighted by Crippen LogP contribution is -2.13. The molecule has 1 aromatic carbocycles. The Labute approximate surface area is 161 Å². The molecule has 0 aliphatic carbocycles. The van der Waals surface area contributed by atoms with Crippen molar-refractivity contribution in [3.8, 4) is 11.3 Å². The zero-order valence-corrected chi connectivity index (χ0v) is 15.8. The van der Waals surface area contributed by atoms with Gasteiger partial charge in [0.25, 0.3) is 5.56 Å². The Morgan fingerprint density at radius 3 is 2.82 bits per heavy atom. The third-order valence-corrected chi connectivity index (χ3v) is 4.52. The van der Waals surface area contributed by atoms with Crippen LogP contribution in [0.1, 0.15) is 24.7 Å². The van der Waals surface area contributed by atoms with Gasteiger partial charge in [-0.05, 0) is 25.5 Å².